The molecule has 150 valence electrons. The zero-order valence-electron chi connectivity index (χ0n) is 14.9. The standard InChI is InChI=1S/C15H27N5O5.ClH/c1-24-15(21)14(10-13-11-17-12-19-13)18-8-5-7-16-6-3-2-4-9-25-20(22)23;/h11-12,14,16,18H,2-10H2,1H3,(H,17,19);1H/t14-;/m0./s1. The molecule has 0 fully saturated rings. The Balaban J connectivity index is 0.00000625. The third-order valence-corrected chi connectivity index (χ3v) is 3.58. The highest BCUT2D eigenvalue weighted by Crippen LogP contribution is 2.00. The highest BCUT2D eigenvalue weighted by Gasteiger charge is 2.19. The first-order valence-corrected chi connectivity index (χ1v) is 8.40. The quantitative estimate of drug-likeness (QED) is 0.173. The predicted octanol–water partition coefficient (Wildman–Crippen LogP) is 0.864. The van der Waals surface area contributed by atoms with E-state index in [0.29, 0.717) is 19.4 Å². The summed E-state index contributed by atoms with van der Waals surface area (Å²) in [4.78, 5) is 32.9. The van der Waals surface area contributed by atoms with Crippen LogP contribution in [0.4, 0.5) is 0 Å². The number of ether oxygens (including phenoxy) is 1. The maximum atomic E-state index is 11.8. The Hall–Kier alpha value is -1.91. The number of methoxy groups -OCH3 is 1. The first-order valence-electron chi connectivity index (χ1n) is 8.40. The van der Waals surface area contributed by atoms with Gasteiger partial charge in [-0.2, -0.15) is 0 Å². The molecular weight excluding hydrogens is 366 g/mol. The second kappa shape index (κ2) is 15.4. The van der Waals surface area contributed by atoms with Crippen molar-refractivity contribution in [2.45, 2.75) is 38.1 Å². The Morgan fingerprint density at radius 3 is 2.73 bits per heavy atom. The Kier molecular flexibility index (Phi) is 14.2. The zero-order valence-corrected chi connectivity index (χ0v) is 15.8. The molecule has 1 atom stereocenters. The van der Waals surface area contributed by atoms with Crippen LogP contribution in [0.5, 0.6) is 0 Å². The van der Waals surface area contributed by atoms with E-state index >= 15 is 0 Å². The van der Waals surface area contributed by atoms with Crippen LogP contribution in [-0.2, 0) is 20.8 Å². The lowest BCUT2D eigenvalue weighted by atomic mass is 10.1. The molecule has 11 heteroatoms. The number of halogens is 1. The third-order valence-electron chi connectivity index (χ3n) is 3.58. The van der Waals surface area contributed by atoms with Crippen LogP contribution in [0.25, 0.3) is 0 Å². The van der Waals surface area contributed by atoms with Crippen molar-refractivity contribution >= 4 is 18.4 Å². The molecule has 0 amide bonds. The van der Waals surface area contributed by atoms with Crippen LogP contribution in [0.3, 0.4) is 0 Å². The maximum Gasteiger partial charge on any atom is 0.323 e. The largest absolute Gasteiger partial charge is 0.468 e. The number of aromatic amines is 1. The van der Waals surface area contributed by atoms with E-state index in [4.69, 9.17) is 4.74 Å². The monoisotopic (exact) mass is 393 g/mol. The molecule has 26 heavy (non-hydrogen) atoms. The topological polar surface area (TPSA) is 131 Å². The molecule has 0 radical (unpaired) electrons. The van der Waals surface area contributed by atoms with Gasteiger partial charge in [-0.3, -0.25) is 4.79 Å². The Morgan fingerprint density at radius 1 is 1.31 bits per heavy atom. The number of nitrogens with one attached hydrogen (secondary N) is 3. The summed E-state index contributed by atoms with van der Waals surface area (Å²) in [6.45, 7) is 2.53. The predicted molar refractivity (Wildman–Crippen MR) is 97.6 cm³/mol. The molecule has 0 aliphatic carbocycles. The molecule has 1 heterocycles. The average Bonchev–Trinajstić information content (AvgIpc) is 3.10. The molecular formula is C15H28ClN5O5. The molecule has 0 aliphatic heterocycles. The number of hydrogen-bond donors (Lipinski definition) is 3. The van der Waals surface area contributed by atoms with Gasteiger partial charge in [-0.05, 0) is 38.9 Å². The second-order valence-corrected chi connectivity index (χ2v) is 5.53. The van der Waals surface area contributed by atoms with Crippen LogP contribution >= 0.6 is 12.4 Å². The Morgan fingerprint density at radius 2 is 2.08 bits per heavy atom. The van der Waals surface area contributed by atoms with E-state index in [9.17, 15) is 14.9 Å². The minimum Gasteiger partial charge on any atom is -0.468 e. The van der Waals surface area contributed by atoms with Gasteiger partial charge in [0, 0.05) is 18.3 Å². The Labute approximate surface area is 158 Å². The van der Waals surface area contributed by atoms with Gasteiger partial charge in [0.2, 0.25) is 0 Å². The molecule has 0 unspecified atom stereocenters. The molecule has 0 spiro atoms. The first-order chi connectivity index (χ1) is 12.1. The minimum atomic E-state index is -0.765. The van der Waals surface area contributed by atoms with Crippen molar-refractivity contribution in [3.8, 4) is 0 Å². The van der Waals surface area contributed by atoms with Gasteiger partial charge in [0.15, 0.2) is 0 Å². The number of nitrogens with zero attached hydrogens (tertiary/aromatic N) is 2. The van der Waals surface area contributed by atoms with Crippen molar-refractivity contribution in [3.05, 3.63) is 28.3 Å². The molecule has 0 aliphatic rings. The van der Waals surface area contributed by atoms with Crippen LogP contribution in [0, 0.1) is 10.1 Å². The molecule has 0 saturated carbocycles. The SMILES string of the molecule is COC(=O)[C@H](Cc1cnc[nH]1)NCCCNCCCCCO[N+](=O)[O-].Cl. The molecule has 0 bridgehead atoms. The summed E-state index contributed by atoms with van der Waals surface area (Å²) in [7, 11) is 1.38. The van der Waals surface area contributed by atoms with E-state index in [1.807, 2.05) is 0 Å². The fourth-order valence-electron chi connectivity index (χ4n) is 2.28. The van der Waals surface area contributed by atoms with Gasteiger partial charge in [-0.15, -0.1) is 22.5 Å². The number of aromatic nitrogens is 2. The van der Waals surface area contributed by atoms with Gasteiger partial charge >= 0.3 is 5.97 Å². The average molecular weight is 394 g/mol. The summed E-state index contributed by atoms with van der Waals surface area (Å²) in [6, 6.07) is -0.396. The molecule has 3 N–H and O–H groups in total. The van der Waals surface area contributed by atoms with Gasteiger partial charge in [-0.25, -0.2) is 4.98 Å². The first kappa shape index (κ1) is 24.1. The lowest BCUT2D eigenvalue weighted by Crippen LogP contribution is -2.40. The van der Waals surface area contributed by atoms with E-state index < -0.39 is 11.1 Å². The number of carbonyl (C=O) groups is 1. The summed E-state index contributed by atoms with van der Waals surface area (Å²) < 4.78 is 4.81. The number of carbonyl (C=O) groups excluding carboxylic acids is 1. The number of imidazole rings is 1. The van der Waals surface area contributed by atoms with Gasteiger partial charge in [0.1, 0.15) is 6.04 Å². The van der Waals surface area contributed by atoms with Crippen molar-refractivity contribution in [2.24, 2.45) is 0 Å². The number of H-pyrrole nitrogens is 1. The summed E-state index contributed by atoms with van der Waals surface area (Å²) in [5.74, 6) is -0.292. The number of esters is 1. The van der Waals surface area contributed by atoms with E-state index in [-0.39, 0.29) is 25.0 Å². The third kappa shape index (κ3) is 11.6. The molecule has 1 aromatic heterocycles. The lowest BCUT2D eigenvalue weighted by Gasteiger charge is -2.15. The van der Waals surface area contributed by atoms with Crippen molar-refractivity contribution in [1.29, 1.82) is 0 Å². The zero-order chi connectivity index (χ0) is 18.3. The highest BCUT2D eigenvalue weighted by molar-refractivity contribution is 5.85. The van der Waals surface area contributed by atoms with Crippen molar-refractivity contribution in [2.75, 3.05) is 33.4 Å². The van der Waals surface area contributed by atoms with E-state index in [2.05, 4.69) is 25.4 Å². The summed E-state index contributed by atoms with van der Waals surface area (Å²) in [5, 5.41) is 15.7. The smallest absolute Gasteiger partial charge is 0.323 e. The highest BCUT2D eigenvalue weighted by atomic mass is 35.5. The number of rotatable bonds is 15. The van der Waals surface area contributed by atoms with Crippen LogP contribution < -0.4 is 10.6 Å². The normalized spacial score (nSPS) is 11.4. The molecule has 10 nitrogen and oxygen atoms in total. The summed E-state index contributed by atoms with van der Waals surface area (Å²) in [5.41, 5.74) is 0.877. The molecule has 0 aromatic carbocycles. The van der Waals surface area contributed by atoms with Gasteiger partial charge in [-0.1, -0.05) is 6.42 Å². The van der Waals surface area contributed by atoms with Crippen LogP contribution in [-0.4, -0.2) is 60.4 Å². The molecule has 1 aromatic rings. The van der Waals surface area contributed by atoms with Crippen molar-refractivity contribution in [3.63, 3.8) is 0 Å². The number of unbranched alkanes of at least 4 members (excludes halogenated alkanes) is 2. The lowest BCUT2D eigenvalue weighted by molar-refractivity contribution is -0.757. The van der Waals surface area contributed by atoms with Gasteiger partial charge < -0.3 is 25.2 Å². The fourth-order valence-corrected chi connectivity index (χ4v) is 2.28. The van der Waals surface area contributed by atoms with Crippen molar-refractivity contribution < 1.29 is 19.5 Å². The second-order valence-electron chi connectivity index (χ2n) is 5.53. The van der Waals surface area contributed by atoms with Crippen LogP contribution in [0.2, 0.25) is 0 Å². The van der Waals surface area contributed by atoms with Gasteiger partial charge in [0.05, 0.1) is 20.0 Å². The summed E-state index contributed by atoms with van der Waals surface area (Å²) in [6.07, 6.45) is 7.16. The van der Waals surface area contributed by atoms with Crippen LogP contribution in [0.15, 0.2) is 12.5 Å². The Bertz CT molecular complexity index is 489. The number of hydrogen-bond acceptors (Lipinski definition) is 8. The minimum absolute atomic E-state index is 0. The van der Waals surface area contributed by atoms with E-state index in [0.717, 1.165) is 38.0 Å². The van der Waals surface area contributed by atoms with Crippen molar-refractivity contribution in [1.82, 2.24) is 20.6 Å². The van der Waals surface area contributed by atoms with E-state index in [1.54, 1.807) is 12.5 Å². The maximum absolute atomic E-state index is 11.8. The van der Waals surface area contributed by atoms with Gasteiger partial charge in [0.25, 0.3) is 5.09 Å². The van der Waals surface area contributed by atoms with E-state index in [1.165, 1.54) is 7.11 Å². The fraction of sp³-hybridized carbons (Fsp3) is 0.733. The molecule has 0 saturated heterocycles. The molecule has 1 rings (SSSR count). The summed E-state index contributed by atoms with van der Waals surface area (Å²) >= 11 is 0. The van der Waals surface area contributed by atoms with Crippen LogP contribution in [0.1, 0.15) is 31.4 Å².